The van der Waals surface area contributed by atoms with Gasteiger partial charge in [-0.05, 0) is 24.7 Å². The predicted octanol–water partition coefficient (Wildman–Crippen LogP) is 3.32. The third kappa shape index (κ3) is 3.69. The molecule has 0 amide bonds. The Morgan fingerprint density at radius 1 is 1.27 bits per heavy atom. The lowest BCUT2D eigenvalue weighted by Crippen LogP contribution is -2.15. The van der Waals surface area contributed by atoms with Gasteiger partial charge < -0.3 is 4.74 Å². The average Bonchev–Trinajstić information content (AvgIpc) is 2.26. The highest BCUT2D eigenvalue weighted by Gasteiger charge is 2.20. The summed E-state index contributed by atoms with van der Waals surface area (Å²) >= 11 is 0. The number of hydrogen-bond donors (Lipinski definition) is 0. The molecule has 1 saturated carbocycles. The molecule has 0 aliphatic heterocycles. The molecule has 2 heteroatoms. The van der Waals surface area contributed by atoms with Crippen LogP contribution in [-0.4, -0.2) is 13.1 Å². The second-order valence-electron chi connectivity index (χ2n) is 4.66. The number of rotatable bonds is 3. The number of carbonyl (C=O) groups is 1. The molecule has 2 nitrogen and oxygen atoms in total. The zero-order valence-electron chi connectivity index (χ0n) is 10.1. The maximum atomic E-state index is 11.3. The van der Waals surface area contributed by atoms with Crippen molar-refractivity contribution in [3.05, 3.63) is 11.6 Å². The minimum atomic E-state index is -0.204. The maximum Gasteiger partial charge on any atom is 0.330 e. The molecule has 0 saturated heterocycles. The molecule has 0 N–H and O–H groups in total. The first-order chi connectivity index (χ1) is 7.15. The molecular weight excluding hydrogens is 188 g/mol. The summed E-state index contributed by atoms with van der Waals surface area (Å²) in [5, 5.41) is 0. The first kappa shape index (κ1) is 12.3. The van der Waals surface area contributed by atoms with Gasteiger partial charge in [0.1, 0.15) is 0 Å². The number of carbonyl (C=O) groups excluding carboxylic acids is 1. The molecule has 0 aromatic carbocycles. The van der Waals surface area contributed by atoms with E-state index >= 15 is 0 Å². The van der Waals surface area contributed by atoms with E-state index in [9.17, 15) is 4.79 Å². The summed E-state index contributed by atoms with van der Waals surface area (Å²) in [6, 6.07) is 0. The van der Waals surface area contributed by atoms with Gasteiger partial charge in [-0.2, -0.15) is 0 Å². The molecule has 0 unspecified atom stereocenters. The fourth-order valence-electron chi connectivity index (χ4n) is 2.39. The van der Waals surface area contributed by atoms with Crippen LogP contribution in [0.3, 0.4) is 0 Å². The van der Waals surface area contributed by atoms with Crippen LogP contribution in [0.4, 0.5) is 0 Å². The van der Waals surface area contributed by atoms with Crippen LogP contribution in [0.1, 0.15) is 46.0 Å². The third-order valence-corrected chi connectivity index (χ3v) is 3.23. The van der Waals surface area contributed by atoms with Gasteiger partial charge in [0.25, 0.3) is 0 Å². The van der Waals surface area contributed by atoms with E-state index in [0.717, 1.165) is 0 Å². The van der Waals surface area contributed by atoms with Crippen LogP contribution in [0.5, 0.6) is 0 Å². The summed E-state index contributed by atoms with van der Waals surface area (Å²) in [5.41, 5.74) is 1.28. The first-order valence-electron chi connectivity index (χ1n) is 5.94. The Morgan fingerprint density at radius 3 is 2.33 bits per heavy atom. The Labute approximate surface area is 92.7 Å². The Bertz CT molecular complexity index is 235. The summed E-state index contributed by atoms with van der Waals surface area (Å²) in [4.78, 5) is 11.3. The lowest BCUT2D eigenvalue weighted by molar-refractivity contribution is -0.134. The standard InChI is InChI=1S/C13H22O2/c1-10(2)12(9-13(14)15-3)11-7-5-4-6-8-11/h9-11H,4-8H2,1-3H3. The molecule has 0 spiro atoms. The summed E-state index contributed by atoms with van der Waals surface area (Å²) < 4.78 is 4.71. The minimum Gasteiger partial charge on any atom is -0.466 e. The molecule has 1 fully saturated rings. The second kappa shape index (κ2) is 5.94. The van der Waals surface area contributed by atoms with Crippen LogP contribution in [-0.2, 0) is 9.53 Å². The lowest BCUT2D eigenvalue weighted by Gasteiger charge is -2.26. The summed E-state index contributed by atoms with van der Waals surface area (Å²) in [6.07, 6.45) is 8.13. The zero-order valence-corrected chi connectivity index (χ0v) is 10.1. The normalized spacial score (nSPS) is 19.3. The van der Waals surface area contributed by atoms with Gasteiger partial charge in [-0.1, -0.05) is 38.7 Å². The van der Waals surface area contributed by atoms with Gasteiger partial charge in [-0.3, -0.25) is 0 Å². The monoisotopic (exact) mass is 210 g/mol. The Hall–Kier alpha value is -0.790. The van der Waals surface area contributed by atoms with E-state index in [1.807, 2.05) is 0 Å². The number of methoxy groups -OCH3 is 1. The molecule has 1 aliphatic carbocycles. The van der Waals surface area contributed by atoms with Crippen molar-refractivity contribution in [3.63, 3.8) is 0 Å². The van der Waals surface area contributed by atoms with Crippen molar-refractivity contribution in [2.24, 2.45) is 11.8 Å². The average molecular weight is 210 g/mol. The molecule has 15 heavy (non-hydrogen) atoms. The molecule has 0 bridgehead atoms. The van der Waals surface area contributed by atoms with Gasteiger partial charge in [0.15, 0.2) is 0 Å². The Kier molecular flexibility index (Phi) is 4.86. The van der Waals surface area contributed by atoms with Crippen molar-refractivity contribution in [3.8, 4) is 0 Å². The smallest absolute Gasteiger partial charge is 0.330 e. The zero-order chi connectivity index (χ0) is 11.3. The summed E-state index contributed by atoms with van der Waals surface area (Å²) in [7, 11) is 1.44. The van der Waals surface area contributed by atoms with Crippen LogP contribution in [0.25, 0.3) is 0 Å². The van der Waals surface area contributed by atoms with Gasteiger partial charge in [0.2, 0.25) is 0 Å². The number of allylic oxidation sites excluding steroid dienone is 1. The molecule has 0 atom stereocenters. The van der Waals surface area contributed by atoms with Crippen molar-refractivity contribution in [1.82, 2.24) is 0 Å². The van der Waals surface area contributed by atoms with Crippen molar-refractivity contribution < 1.29 is 9.53 Å². The van der Waals surface area contributed by atoms with E-state index < -0.39 is 0 Å². The predicted molar refractivity (Wildman–Crippen MR) is 61.5 cm³/mol. The van der Waals surface area contributed by atoms with E-state index in [0.29, 0.717) is 11.8 Å². The van der Waals surface area contributed by atoms with Crippen molar-refractivity contribution in [2.45, 2.75) is 46.0 Å². The number of esters is 1. The molecule has 1 aliphatic rings. The Morgan fingerprint density at radius 2 is 1.87 bits per heavy atom. The number of ether oxygens (including phenoxy) is 1. The lowest BCUT2D eigenvalue weighted by atomic mass is 9.79. The highest BCUT2D eigenvalue weighted by atomic mass is 16.5. The largest absolute Gasteiger partial charge is 0.466 e. The molecule has 0 radical (unpaired) electrons. The van der Waals surface area contributed by atoms with E-state index in [-0.39, 0.29) is 5.97 Å². The first-order valence-corrected chi connectivity index (χ1v) is 5.94. The molecule has 0 aromatic rings. The van der Waals surface area contributed by atoms with Crippen LogP contribution in [0.15, 0.2) is 11.6 Å². The molecule has 0 aromatic heterocycles. The minimum absolute atomic E-state index is 0.204. The molecular formula is C13H22O2. The van der Waals surface area contributed by atoms with Gasteiger partial charge >= 0.3 is 5.97 Å². The second-order valence-corrected chi connectivity index (χ2v) is 4.66. The van der Waals surface area contributed by atoms with Crippen LogP contribution >= 0.6 is 0 Å². The van der Waals surface area contributed by atoms with Gasteiger partial charge in [0, 0.05) is 6.08 Å². The summed E-state index contributed by atoms with van der Waals surface area (Å²) in [6.45, 7) is 4.31. The van der Waals surface area contributed by atoms with Crippen molar-refractivity contribution in [2.75, 3.05) is 7.11 Å². The SMILES string of the molecule is COC(=O)C=C(C(C)C)C1CCCCC1. The van der Waals surface area contributed by atoms with Gasteiger partial charge in [-0.25, -0.2) is 4.79 Å². The van der Waals surface area contributed by atoms with E-state index in [2.05, 4.69) is 13.8 Å². The highest BCUT2D eigenvalue weighted by Crippen LogP contribution is 2.33. The van der Waals surface area contributed by atoms with E-state index in [1.165, 1.54) is 44.8 Å². The maximum absolute atomic E-state index is 11.3. The fraction of sp³-hybridized carbons (Fsp3) is 0.769. The topological polar surface area (TPSA) is 26.3 Å². The quantitative estimate of drug-likeness (QED) is 0.527. The highest BCUT2D eigenvalue weighted by molar-refractivity contribution is 5.82. The molecule has 1 rings (SSSR count). The third-order valence-electron chi connectivity index (χ3n) is 3.23. The molecule has 0 heterocycles. The van der Waals surface area contributed by atoms with E-state index in [4.69, 9.17) is 4.74 Å². The van der Waals surface area contributed by atoms with Crippen molar-refractivity contribution in [1.29, 1.82) is 0 Å². The van der Waals surface area contributed by atoms with Crippen LogP contribution in [0.2, 0.25) is 0 Å². The van der Waals surface area contributed by atoms with Gasteiger partial charge in [0.05, 0.1) is 7.11 Å². The fourth-order valence-corrected chi connectivity index (χ4v) is 2.39. The summed E-state index contributed by atoms with van der Waals surface area (Å²) in [5.74, 6) is 0.856. The molecule has 86 valence electrons. The van der Waals surface area contributed by atoms with E-state index in [1.54, 1.807) is 6.08 Å². The van der Waals surface area contributed by atoms with Crippen LogP contribution in [0, 0.1) is 11.8 Å². The van der Waals surface area contributed by atoms with Gasteiger partial charge in [-0.15, -0.1) is 0 Å². The Balaban J connectivity index is 2.71. The number of hydrogen-bond acceptors (Lipinski definition) is 2. The van der Waals surface area contributed by atoms with Crippen LogP contribution < -0.4 is 0 Å². The van der Waals surface area contributed by atoms with Crippen molar-refractivity contribution >= 4 is 5.97 Å².